The third-order valence-corrected chi connectivity index (χ3v) is 12.9. The number of carbonyl (C=O) groups is 4. The van der Waals surface area contributed by atoms with Gasteiger partial charge in [-0.05, 0) is 81.3 Å². The van der Waals surface area contributed by atoms with Gasteiger partial charge in [-0.3, -0.25) is 29.4 Å². The largest absolute Gasteiger partial charge is 0.504 e. The molecule has 3 N–H and O–H groups in total. The van der Waals surface area contributed by atoms with E-state index in [2.05, 4.69) is 60.3 Å². The fraction of sp³-hybridized carbons (Fsp3) is 0.512. The zero-order chi connectivity index (χ0) is 38.8. The molecule has 0 bridgehead atoms. The number of amides is 4. The number of carbonyl (C=O) groups excluding carboxylic acids is 4. The highest BCUT2D eigenvalue weighted by atomic mass is 19.1. The molecule has 0 spiro atoms. The van der Waals surface area contributed by atoms with Crippen LogP contribution in [-0.4, -0.2) is 124 Å². The standard InChI is InChI=1S/C41H48FN9O5/c1-23-18-47(20-25-10-12-48(13-11-25)28-7-6-26-21-50(41(56)31(26)15-28)34-8-9-36(52)44-39(34)54)19-24(2)51(23)40(55)27-14-29-17-43-38-35(49(29)22-27)16-33(45-46-38)30-4-3-5-32(42)37(30)53/h3-7,15-16,23-25,27,29,34,53H,8-14,17-22H2,1-2H3,(H,43,46)(H,44,52,54)/t23-,24+,27-,29-,34?/m1/s1. The van der Waals surface area contributed by atoms with Gasteiger partial charge in [-0.2, -0.15) is 0 Å². The van der Waals surface area contributed by atoms with Gasteiger partial charge in [-0.15, -0.1) is 10.2 Å². The number of phenolic OH excluding ortho intramolecular Hbond substituents is 1. The average Bonchev–Trinajstić information content (AvgIpc) is 3.77. The number of hydrogen-bond acceptors (Lipinski definition) is 11. The molecule has 5 atom stereocenters. The van der Waals surface area contributed by atoms with E-state index in [-0.39, 0.29) is 53.7 Å². The quantitative estimate of drug-likeness (QED) is 0.317. The summed E-state index contributed by atoms with van der Waals surface area (Å²) in [5.41, 5.74) is 4.05. The predicted octanol–water partition coefficient (Wildman–Crippen LogP) is 3.21. The molecule has 9 rings (SSSR count). The van der Waals surface area contributed by atoms with Crippen LogP contribution in [0.15, 0.2) is 42.5 Å². The smallest absolute Gasteiger partial charge is 0.255 e. The summed E-state index contributed by atoms with van der Waals surface area (Å²) in [6.07, 6.45) is 3.39. The molecule has 4 amide bonds. The molecule has 6 aliphatic heterocycles. The number of imide groups is 1. The second-order valence-electron chi connectivity index (χ2n) is 16.6. The van der Waals surface area contributed by atoms with Crippen LogP contribution in [0.5, 0.6) is 5.75 Å². The summed E-state index contributed by atoms with van der Waals surface area (Å²) in [6, 6.07) is 11.9. The molecule has 7 heterocycles. The lowest BCUT2D eigenvalue weighted by Crippen LogP contribution is -2.60. The Balaban J connectivity index is 0.785. The molecule has 56 heavy (non-hydrogen) atoms. The van der Waals surface area contributed by atoms with Crippen LogP contribution in [0.25, 0.3) is 11.3 Å². The number of aromatic hydroxyl groups is 1. The molecule has 14 nitrogen and oxygen atoms in total. The van der Waals surface area contributed by atoms with Crippen molar-refractivity contribution < 1.29 is 28.7 Å². The number of rotatable bonds is 6. The van der Waals surface area contributed by atoms with Crippen molar-refractivity contribution >= 4 is 40.8 Å². The minimum Gasteiger partial charge on any atom is -0.504 e. The molecular formula is C41H48FN9O5. The molecule has 2 aromatic carbocycles. The molecule has 4 saturated heterocycles. The first-order valence-electron chi connectivity index (χ1n) is 20.0. The molecule has 1 unspecified atom stereocenters. The van der Waals surface area contributed by atoms with Crippen molar-refractivity contribution in [2.24, 2.45) is 11.8 Å². The number of fused-ring (bicyclic) bond motifs is 4. The maximum Gasteiger partial charge on any atom is 0.255 e. The first kappa shape index (κ1) is 36.3. The molecule has 0 aliphatic carbocycles. The lowest BCUT2D eigenvalue weighted by atomic mass is 9.94. The zero-order valence-corrected chi connectivity index (χ0v) is 31.8. The monoisotopic (exact) mass is 765 g/mol. The Morgan fingerprint density at radius 2 is 1.73 bits per heavy atom. The van der Waals surface area contributed by atoms with Gasteiger partial charge in [0.15, 0.2) is 17.4 Å². The van der Waals surface area contributed by atoms with Gasteiger partial charge in [0, 0.05) is 93.7 Å². The van der Waals surface area contributed by atoms with E-state index in [1.807, 2.05) is 18.2 Å². The van der Waals surface area contributed by atoms with E-state index in [0.717, 1.165) is 68.9 Å². The Kier molecular flexibility index (Phi) is 9.29. The molecule has 1 aromatic heterocycles. The number of nitrogens with zero attached hydrogens (tertiary/aromatic N) is 7. The highest BCUT2D eigenvalue weighted by Crippen LogP contribution is 2.41. The van der Waals surface area contributed by atoms with E-state index in [0.29, 0.717) is 49.0 Å². The van der Waals surface area contributed by atoms with Crippen molar-refractivity contribution in [2.75, 3.05) is 60.9 Å². The Morgan fingerprint density at radius 1 is 0.946 bits per heavy atom. The summed E-state index contributed by atoms with van der Waals surface area (Å²) >= 11 is 0. The van der Waals surface area contributed by atoms with Crippen molar-refractivity contribution in [3.63, 3.8) is 0 Å². The minimum atomic E-state index is -0.715. The van der Waals surface area contributed by atoms with E-state index in [9.17, 15) is 28.7 Å². The number of nitrogens with one attached hydrogen (secondary N) is 2. The Morgan fingerprint density at radius 3 is 2.50 bits per heavy atom. The summed E-state index contributed by atoms with van der Waals surface area (Å²) in [5.74, 6) is -0.823. The minimum absolute atomic E-state index is 0.0755. The SMILES string of the molecule is C[C@@H]1CN(CC2CCN(c3ccc4c(c3)C(=O)N(C3CCC(=O)NC3=O)C4)CC2)C[C@H](C)N1C(=O)[C@@H]1C[C@@H]2CNc3nnc(-c4cccc(F)c4O)cc3N2C1. The van der Waals surface area contributed by atoms with E-state index >= 15 is 0 Å². The van der Waals surface area contributed by atoms with Crippen LogP contribution in [0.3, 0.4) is 0 Å². The van der Waals surface area contributed by atoms with Gasteiger partial charge >= 0.3 is 0 Å². The Bertz CT molecular complexity index is 2080. The number of benzene rings is 2. The maximum absolute atomic E-state index is 14.2. The van der Waals surface area contributed by atoms with Crippen molar-refractivity contribution in [3.05, 3.63) is 59.4 Å². The third-order valence-electron chi connectivity index (χ3n) is 12.9. The van der Waals surface area contributed by atoms with E-state index in [4.69, 9.17) is 0 Å². The molecule has 0 saturated carbocycles. The lowest BCUT2D eigenvalue weighted by Gasteiger charge is -2.47. The molecule has 0 radical (unpaired) electrons. The first-order chi connectivity index (χ1) is 27.0. The van der Waals surface area contributed by atoms with Crippen LogP contribution in [0, 0.1) is 17.7 Å². The number of phenols is 1. The highest BCUT2D eigenvalue weighted by Gasteiger charge is 2.45. The number of piperidine rings is 2. The number of piperazine rings is 1. The van der Waals surface area contributed by atoms with Crippen LogP contribution < -0.4 is 20.4 Å². The summed E-state index contributed by atoms with van der Waals surface area (Å²) < 4.78 is 14.1. The van der Waals surface area contributed by atoms with Gasteiger partial charge < -0.3 is 30.0 Å². The van der Waals surface area contributed by atoms with E-state index in [1.165, 1.54) is 12.1 Å². The number of halogens is 1. The summed E-state index contributed by atoms with van der Waals surface area (Å²) in [7, 11) is 0. The third kappa shape index (κ3) is 6.48. The Labute approximate surface area is 325 Å². The molecule has 6 aliphatic rings. The fourth-order valence-corrected chi connectivity index (χ4v) is 10.1. The maximum atomic E-state index is 14.2. The number of hydrogen-bond donors (Lipinski definition) is 3. The van der Waals surface area contributed by atoms with Crippen molar-refractivity contribution in [1.82, 2.24) is 30.2 Å². The topological polar surface area (TPSA) is 155 Å². The predicted molar refractivity (Wildman–Crippen MR) is 206 cm³/mol. The van der Waals surface area contributed by atoms with Crippen LogP contribution >= 0.6 is 0 Å². The number of anilines is 3. The second-order valence-corrected chi connectivity index (χ2v) is 16.6. The molecular weight excluding hydrogens is 718 g/mol. The van der Waals surface area contributed by atoms with Gasteiger partial charge in [0.1, 0.15) is 6.04 Å². The molecule has 15 heteroatoms. The van der Waals surface area contributed by atoms with Gasteiger partial charge in [-0.1, -0.05) is 12.1 Å². The van der Waals surface area contributed by atoms with Gasteiger partial charge in [0.05, 0.1) is 17.3 Å². The first-order valence-corrected chi connectivity index (χ1v) is 20.0. The zero-order valence-electron chi connectivity index (χ0n) is 31.8. The van der Waals surface area contributed by atoms with Crippen LogP contribution in [0.4, 0.5) is 21.6 Å². The number of para-hydroxylation sites is 1. The summed E-state index contributed by atoms with van der Waals surface area (Å²) in [6.45, 7) is 10.3. The second kappa shape index (κ2) is 14.3. The normalized spacial score (nSPS) is 26.8. The van der Waals surface area contributed by atoms with E-state index < -0.39 is 23.5 Å². The van der Waals surface area contributed by atoms with Crippen LogP contribution in [0.2, 0.25) is 0 Å². The van der Waals surface area contributed by atoms with Crippen molar-refractivity contribution in [3.8, 4) is 17.0 Å². The summed E-state index contributed by atoms with van der Waals surface area (Å²) in [5, 5.41) is 24.7. The fourth-order valence-electron chi connectivity index (χ4n) is 10.1. The van der Waals surface area contributed by atoms with E-state index in [1.54, 1.807) is 11.0 Å². The average molecular weight is 766 g/mol. The highest BCUT2D eigenvalue weighted by molar-refractivity contribution is 6.05. The Hall–Kier alpha value is -5.31. The van der Waals surface area contributed by atoms with Gasteiger partial charge in [0.25, 0.3) is 5.91 Å². The van der Waals surface area contributed by atoms with Gasteiger partial charge in [0.2, 0.25) is 17.7 Å². The summed E-state index contributed by atoms with van der Waals surface area (Å²) in [4.78, 5) is 62.5. The molecule has 4 fully saturated rings. The van der Waals surface area contributed by atoms with Crippen LogP contribution in [-0.2, 0) is 20.9 Å². The lowest BCUT2D eigenvalue weighted by molar-refractivity contribution is -0.143. The van der Waals surface area contributed by atoms with Gasteiger partial charge in [-0.25, -0.2) is 4.39 Å². The van der Waals surface area contributed by atoms with Crippen LogP contribution in [0.1, 0.15) is 61.9 Å². The molecule has 3 aromatic rings. The van der Waals surface area contributed by atoms with Crippen molar-refractivity contribution in [1.29, 1.82) is 0 Å². The van der Waals surface area contributed by atoms with Crippen molar-refractivity contribution in [2.45, 2.75) is 76.7 Å². The molecule has 294 valence electrons. The number of aromatic nitrogens is 2.